The molecule has 0 spiro atoms. The molecule has 2 aromatic carbocycles. The van der Waals surface area contributed by atoms with E-state index in [1.807, 2.05) is 30.3 Å². The van der Waals surface area contributed by atoms with Crippen LogP contribution in [0.1, 0.15) is 18.9 Å². The molecule has 7 heteroatoms. The number of benzene rings is 2. The molecular weight excluding hydrogens is 348 g/mol. The minimum atomic E-state index is -0.210. The van der Waals surface area contributed by atoms with E-state index >= 15 is 0 Å². The number of carbonyl (C=O) groups excluding carboxylic acids is 1. The number of methoxy groups -OCH3 is 2. The standard InChI is InChI=1S/C20H22N2O5/c1-13(23)21-16-6-4-5-7-18(16)26-12-15-11-17(22-27-15)14-8-9-19(24-2)20(10-14)25-3/h4-10,15H,11-12H2,1-3H3,(H,21,23)/t15-/m0/s1. The van der Waals surface area contributed by atoms with Crippen molar-refractivity contribution in [3.05, 3.63) is 48.0 Å². The maximum Gasteiger partial charge on any atom is 0.221 e. The molecule has 1 N–H and O–H groups in total. The van der Waals surface area contributed by atoms with Gasteiger partial charge in [0.25, 0.3) is 0 Å². The van der Waals surface area contributed by atoms with E-state index in [1.54, 1.807) is 26.4 Å². The highest BCUT2D eigenvalue weighted by atomic mass is 16.7. The average molecular weight is 370 g/mol. The summed E-state index contributed by atoms with van der Waals surface area (Å²) in [5, 5.41) is 6.92. The van der Waals surface area contributed by atoms with Crippen LogP contribution in [-0.2, 0) is 9.63 Å². The number of anilines is 1. The molecule has 1 amide bonds. The lowest BCUT2D eigenvalue weighted by atomic mass is 10.0. The number of amides is 1. The molecule has 1 heterocycles. The van der Waals surface area contributed by atoms with Crippen LogP contribution in [0.2, 0.25) is 0 Å². The van der Waals surface area contributed by atoms with Crippen LogP contribution in [0.15, 0.2) is 47.6 Å². The third-order valence-corrected chi connectivity index (χ3v) is 4.07. The van der Waals surface area contributed by atoms with Gasteiger partial charge in [0.15, 0.2) is 17.6 Å². The van der Waals surface area contributed by atoms with Crippen LogP contribution in [0, 0.1) is 0 Å². The van der Waals surface area contributed by atoms with Gasteiger partial charge in [-0.25, -0.2) is 0 Å². The van der Waals surface area contributed by atoms with Crippen molar-refractivity contribution in [3.63, 3.8) is 0 Å². The fourth-order valence-electron chi connectivity index (χ4n) is 2.77. The summed E-state index contributed by atoms with van der Waals surface area (Å²) < 4.78 is 16.4. The summed E-state index contributed by atoms with van der Waals surface area (Å²) in [6, 6.07) is 12.9. The lowest BCUT2D eigenvalue weighted by Crippen LogP contribution is -2.19. The highest BCUT2D eigenvalue weighted by Gasteiger charge is 2.24. The summed E-state index contributed by atoms with van der Waals surface area (Å²) in [6.45, 7) is 1.77. The van der Waals surface area contributed by atoms with Crippen molar-refractivity contribution in [1.29, 1.82) is 0 Å². The molecule has 1 aliphatic heterocycles. The second-order valence-electron chi connectivity index (χ2n) is 6.03. The first-order chi connectivity index (χ1) is 13.1. The summed E-state index contributed by atoms with van der Waals surface area (Å²) in [4.78, 5) is 16.8. The lowest BCUT2D eigenvalue weighted by Gasteiger charge is -2.14. The molecule has 0 saturated heterocycles. The van der Waals surface area contributed by atoms with Crippen molar-refractivity contribution in [2.75, 3.05) is 26.1 Å². The molecule has 1 atom stereocenters. The average Bonchev–Trinajstić information content (AvgIpc) is 3.15. The number of nitrogens with zero attached hydrogens (tertiary/aromatic N) is 1. The zero-order valence-electron chi connectivity index (χ0n) is 15.5. The van der Waals surface area contributed by atoms with Gasteiger partial charge in [0.1, 0.15) is 12.4 Å². The molecule has 27 heavy (non-hydrogen) atoms. The number of para-hydroxylation sites is 2. The third-order valence-electron chi connectivity index (χ3n) is 4.07. The molecule has 7 nitrogen and oxygen atoms in total. The van der Waals surface area contributed by atoms with Gasteiger partial charge in [0.2, 0.25) is 5.91 Å². The van der Waals surface area contributed by atoms with E-state index in [9.17, 15) is 4.79 Å². The molecule has 3 rings (SSSR count). The lowest BCUT2D eigenvalue weighted by molar-refractivity contribution is -0.114. The van der Waals surface area contributed by atoms with E-state index in [0.29, 0.717) is 36.0 Å². The second-order valence-corrected chi connectivity index (χ2v) is 6.03. The van der Waals surface area contributed by atoms with Crippen LogP contribution in [0.5, 0.6) is 17.2 Å². The van der Waals surface area contributed by atoms with Gasteiger partial charge in [-0.3, -0.25) is 4.79 Å². The summed E-state index contributed by atoms with van der Waals surface area (Å²) in [6.07, 6.45) is 0.399. The topological polar surface area (TPSA) is 78.4 Å². The fourth-order valence-corrected chi connectivity index (χ4v) is 2.77. The number of carbonyl (C=O) groups is 1. The van der Waals surface area contributed by atoms with Gasteiger partial charge in [0, 0.05) is 18.9 Å². The number of hydrogen-bond acceptors (Lipinski definition) is 6. The Labute approximate surface area is 157 Å². The van der Waals surface area contributed by atoms with Gasteiger partial charge in [0.05, 0.1) is 25.6 Å². The van der Waals surface area contributed by atoms with Crippen LogP contribution in [0.25, 0.3) is 0 Å². The summed E-state index contributed by atoms with van der Waals surface area (Å²) >= 11 is 0. The summed E-state index contributed by atoms with van der Waals surface area (Å²) in [7, 11) is 3.19. The monoisotopic (exact) mass is 370 g/mol. The maximum absolute atomic E-state index is 11.3. The van der Waals surface area contributed by atoms with Crippen LogP contribution in [0.4, 0.5) is 5.69 Å². The van der Waals surface area contributed by atoms with Gasteiger partial charge < -0.3 is 24.4 Å². The first kappa shape index (κ1) is 18.6. The van der Waals surface area contributed by atoms with Crippen molar-refractivity contribution in [2.45, 2.75) is 19.4 Å². The minimum absolute atomic E-state index is 0.151. The Hall–Kier alpha value is -3.22. The second kappa shape index (κ2) is 8.44. The fraction of sp³-hybridized carbons (Fsp3) is 0.300. The zero-order chi connectivity index (χ0) is 19.2. The van der Waals surface area contributed by atoms with E-state index in [0.717, 1.165) is 11.3 Å². The van der Waals surface area contributed by atoms with Gasteiger partial charge in [-0.15, -0.1) is 0 Å². The minimum Gasteiger partial charge on any atom is -0.493 e. The van der Waals surface area contributed by atoms with Crippen molar-refractivity contribution in [1.82, 2.24) is 0 Å². The van der Waals surface area contributed by atoms with E-state index in [4.69, 9.17) is 19.0 Å². The van der Waals surface area contributed by atoms with E-state index in [2.05, 4.69) is 10.5 Å². The first-order valence-corrected chi connectivity index (χ1v) is 8.55. The Kier molecular flexibility index (Phi) is 5.80. The molecule has 0 fully saturated rings. The Morgan fingerprint density at radius 3 is 2.67 bits per heavy atom. The van der Waals surface area contributed by atoms with Gasteiger partial charge in [-0.2, -0.15) is 0 Å². The van der Waals surface area contributed by atoms with Crippen LogP contribution < -0.4 is 19.5 Å². The first-order valence-electron chi connectivity index (χ1n) is 8.55. The molecule has 1 aliphatic rings. The number of nitrogens with one attached hydrogen (secondary N) is 1. The molecule has 0 aliphatic carbocycles. The van der Waals surface area contributed by atoms with Gasteiger partial charge in [-0.05, 0) is 30.3 Å². The Bertz CT molecular complexity index is 850. The van der Waals surface area contributed by atoms with Crippen LogP contribution >= 0.6 is 0 Å². The molecule has 0 aromatic heterocycles. The quantitative estimate of drug-likeness (QED) is 0.810. The van der Waals surface area contributed by atoms with Crippen molar-refractivity contribution < 1.29 is 23.8 Å². The largest absolute Gasteiger partial charge is 0.493 e. The van der Waals surface area contributed by atoms with Crippen LogP contribution in [0.3, 0.4) is 0 Å². The summed E-state index contributed by atoms with van der Waals surface area (Å²) in [5.74, 6) is 1.75. The number of rotatable bonds is 7. The Balaban J connectivity index is 1.61. The predicted molar refractivity (Wildman–Crippen MR) is 102 cm³/mol. The Morgan fingerprint density at radius 2 is 1.93 bits per heavy atom. The highest BCUT2D eigenvalue weighted by molar-refractivity contribution is 6.01. The third kappa shape index (κ3) is 4.49. The van der Waals surface area contributed by atoms with Crippen LogP contribution in [-0.4, -0.2) is 38.5 Å². The highest BCUT2D eigenvalue weighted by Crippen LogP contribution is 2.30. The van der Waals surface area contributed by atoms with Crippen molar-refractivity contribution >= 4 is 17.3 Å². The maximum atomic E-state index is 11.3. The van der Waals surface area contributed by atoms with Crippen molar-refractivity contribution in [3.8, 4) is 17.2 Å². The predicted octanol–water partition coefficient (Wildman–Crippen LogP) is 3.23. The normalized spacial score (nSPS) is 15.5. The molecule has 0 unspecified atom stereocenters. The molecule has 142 valence electrons. The Morgan fingerprint density at radius 1 is 1.15 bits per heavy atom. The SMILES string of the molecule is COc1ccc(C2=NO[C@H](COc3ccccc3NC(C)=O)C2)cc1OC. The number of ether oxygens (including phenoxy) is 3. The smallest absolute Gasteiger partial charge is 0.221 e. The van der Waals surface area contributed by atoms with Crippen molar-refractivity contribution in [2.24, 2.45) is 5.16 Å². The van der Waals surface area contributed by atoms with Gasteiger partial charge >= 0.3 is 0 Å². The van der Waals surface area contributed by atoms with E-state index in [-0.39, 0.29) is 12.0 Å². The number of hydrogen-bond donors (Lipinski definition) is 1. The molecule has 2 aromatic rings. The van der Waals surface area contributed by atoms with E-state index in [1.165, 1.54) is 6.92 Å². The molecule has 0 radical (unpaired) electrons. The molecule has 0 saturated carbocycles. The molecular formula is C20H22N2O5. The number of oxime groups is 1. The summed E-state index contributed by atoms with van der Waals surface area (Å²) in [5.41, 5.74) is 2.36. The zero-order valence-corrected chi connectivity index (χ0v) is 15.5. The van der Waals surface area contributed by atoms with E-state index < -0.39 is 0 Å². The van der Waals surface area contributed by atoms with Gasteiger partial charge in [-0.1, -0.05) is 17.3 Å². The molecule has 0 bridgehead atoms.